The number of benzene rings is 1. The van der Waals surface area contributed by atoms with E-state index in [9.17, 15) is 9.59 Å². The Morgan fingerprint density at radius 2 is 2.12 bits per heavy atom. The van der Waals surface area contributed by atoms with Gasteiger partial charge in [-0.15, -0.1) is 11.8 Å². The molecule has 1 aromatic carbocycles. The van der Waals surface area contributed by atoms with Crippen molar-refractivity contribution in [1.82, 2.24) is 10.6 Å². The summed E-state index contributed by atoms with van der Waals surface area (Å²) in [6, 6.07) is 5.02. The molecule has 5 nitrogen and oxygen atoms in total. The fraction of sp³-hybridized carbons (Fsp3) is 0.273. The number of hydrogen-bond donors (Lipinski definition) is 3. The van der Waals surface area contributed by atoms with Crippen LogP contribution in [0.15, 0.2) is 23.1 Å². The minimum Gasteiger partial charge on any atom is -0.399 e. The summed E-state index contributed by atoms with van der Waals surface area (Å²) in [7, 11) is 1.46. The molecule has 0 aromatic heterocycles. The second-order valence-electron chi connectivity index (χ2n) is 3.44. The van der Waals surface area contributed by atoms with E-state index in [4.69, 9.17) is 5.73 Å². The van der Waals surface area contributed by atoms with Crippen molar-refractivity contribution in [3.8, 4) is 0 Å². The average molecular weight is 253 g/mol. The molecule has 0 unspecified atom stereocenters. The number of rotatable bonds is 3. The summed E-state index contributed by atoms with van der Waals surface area (Å²) in [6.45, 7) is 1.94. The minimum atomic E-state index is -0.500. The summed E-state index contributed by atoms with van der Waals surface area (Å²) < 4.78 is 0. The van der Waals surface area contributed by atoms with Gasteiger partial charge in [0.25, 0.3) is 0 Å². The van der Waals surface area contributed by atoms with Crippen LogP contribution in [0.2, 0.25) is 0 Å². The maximum absolute atomic E-state index is 11.4. The molecule has 17 heavy (non-hydrogen) atoms. The Bertz CT molecular complexity index is 435. The van der Waals surface area contributed by atoms with Crippen LogP contribution in [0.25, 0.3) is 0 Å². The molecule has 0 aliphatic heterocycles. The lowest BCUT2D eigenvalue weighted by molar-refractivity contribution is -0.117. The number of urea groups is 1. The quantitative estimate of drug-likeness (QED) is 0.557. The Kier molecular flexibility index (Phi) is 4.84. The Morgan fingerprint density at radius 3 is 2.76 bits per heavy atom. The highest BCUT2D eigenvalue weighted by molar-refractivity contribution is 8.00. The minimum absolute atomic E-state index is 0.178. The number of hydrogen-bond acceptors (Lipinski definition) is 4. The number of amides is 3. The number of thioether (sulfide) groups is 1. The standard InChI is InChI=1S/C11H15N3O2S/c1-7-3-4-8(12)5-9(7)17-6-10(15)14-11(16)13-2/h3-5H,6,12H2,1-2H3,(H2,13,14,15,16). The zero-order chi connectivity index (χ0) is 12.8. The number of carbonyl (C=O) groups is 2. The molecule has 0 bridgehead atoms. The van der Waals surface area contributed by atoms with E-state index < -0.39 is 6.03 Å². The topological polar surface area (TPSA) is 84.2 Å². The zero-order valence-electron chi connectivity index (χ0n) is 9.74. The average Bonchev–Trinajstić information content (AvgIpc) is 2.30. The normalized spacial score (nSPS) is 9.76. The van der Waals surface area contributed by atoms with Crippen LogP contribution in [0.5, 0.6) is 0 Å². The maximum atomic E-state index is 11.4. The van der Waals surface area contributed by atoms with Crippen molar-refractivity contribution in [3.63, 3.8) is 0 Å². The van der Waals surface area contributed by atoms with Gasteiger partial charge in [0.15, 0.2) is 0 Å². The molecule has 0 heterocycles. The lowest BCUT2D eigenvalue weighted by Crippen LogP contribution is -2.38. The summed E-state index contributed by atoms with van der Waals surface area (Å²) in [5, 5.41) is 4.51. The zero-order valence-corrected chi connectivity index (χ0v) is 10.6. The van der Waals surface area contributed by atoms with Crippen molar-refractivity contribution in [3.05, 3.63) is 23.8 Å². The number of carbonyl (C=O) groups excluding carboxylic acids is 2. The van der Waals surface area contributed by atoms with Crippen molar-refractivity contribution >= 4 is 29.4 Å². The molecule has 0 fully saturated rings. The lowest BCUT2D eigenvalue weighted by atomic mass is 10.2. The fourth-order valence-corrected chi connectivity index (χ4v) is 2.01. The predicted molar refractivity (Wildman–Crippen MR) is 68.9 cm³/mol. The SMILES string of the molecule is CNC(=O)NC(=O)CSc1cc(N)ccc1C. The van der Waals surface area contributed by atoms with E-state index in [-0.39, 0.29) is 11.7 Å². The summed E-state index contributed by atoms with van der Waals surface area (Å²) in [5.41, 5.74) is 7.37. The van der Waals surface area contributed by atoms with Gasteiger partial charge in [-0.1, -0.05) is 6.07 Å². The van der Waals surface area contributed by atoms with Crippen molar-refractivity contribution in [2.45, 2.75) is 11.8 Å². The molecule has 4 N–H and O–H groups in total. The van der Waals surface area contributed by atoms with Crippen LogP contribution in [0.1, 0.15) is 5.56 Å². The van der Waals surface area contributed by atoms with Gasteiger partial charge in [0, 0.05) is 17.6 Å². The molecular weight excluding hydrogens is 238 g/mol. The highest BCUT2D eigenvalue weighted by atomic mass is 32.2. The number of nitrogens with two attached hydrogens (primary N) is 1. The van der Waals surface area contributed by atoms with Crippen molar-refractivity contribution in [2.75, 3.05) is 18.5 Å². The monoisotopic (exact) mass is 253 g/mol. The van der Waals surface area contributed by atoms with Gasteiger partial charge in [-0.25, -0.2) is 4.79 Å². The van der Waals surface area contributed by atoms with Crippen molar-refractivity contribution < 1.29 is 9.59 Å². The molecule has 3 amide bonds. The van der Waals surface area contributed by atoms with Crippen molar-refractivity contribution in [2.24, 2.45) is 0 Å². The van der Waals surface area contributed by atoms with Crippen LogP contribution >= 0.6 is 11.8 Å². The van der Waals surface area contributed by atoms with E-state index in [0.717, 1.165) is 10.5 Å². The second-order valence-corrected chi connectivity index (χ2v) is 4.46. The van der Waals surface area contributed by atoms with E-state index in [1.54, 1.807) is 0 Å². The predicted octanol–water partition coefficient (Wildman–Crippen LogP) is 1.12. The molecule has 0 radical (unpaired) electrons. The smallest absolute Gasteiger partial charge is 0.321 e. The third-order valence-electron chi connectivity index (χ3n) is 2.05. The van der Waals surface area contributed by atoms with Crippen LogP contribution in [0.3, 0.4) is 0 Å². The molecule has 0 aliphatic rings. The molecule has 0 aliphatic carbocycles. The van der Waals surface area contributed by atoms with Gasteiger partial charge in [0.2, 0.25) is 5.91 Å². The van der Waals surface area contributed by atoms with Gasteiger partial charge < -0.3 is 11.1 Å². The Morgan fingerprint density at radius 1 is 1.41 bits per heavy atom. The molecule has 1 rings (SSSR count). The fourth-order valence-electron chi connectivity index (χ4n) is 1.14. The molecule has 92 valence electrons. The molecule has 0 atom stereocenters. The van der Waals surface area contributed by atoms with Crippen molar-refractivity contribution in [1.29, 1.82) is 0 Å². The third kappa shape index (κ3) is 4.36. The molecule has 6 heteroatoms. The summed E-state index contributed by atoms with van der Waals surface area (Å²) >= 11 is 1.35. The molecule has 0 spiro atoms. The molecular formula is C11H15N3O2S. The third-order valence-corrected chi connectivity index (χ3v) is 3.21. The molecule has 1 aromatic rings. The molecule has 0 saturated heterocycles. The highest BCUT2D eigenvalue weighted by Crippen LogP contribution is 2.24. The number of anilines is 1. The Balaban J connectivity index is 2.53. The van der Waals surface area contributed by atoms with Gasteiger partial charge in [-0.2, -0.15) is 0 Å². The van der Waals surface area contributed by atoms with E-state index in [1.165, 1.54) is 18.8 Å². The number of nitrogen functional groups attached to an aromatic ring is 1. The van der Waals surface area contributed by atoms with E-state index in [1.807, 2.05) is 25.1 Å². The summed E-state index contributed by atoms with van der Waals surface area (Å²) in [4.78, 5) is 23.2. The van der Waals surface area contributed by atoms with Gasteiger partial charge >= 0.3 is 6.03 Å². The van der Waals surface area contributed by atoms with Gasteiger partial charge in [-0.05, 0) is 24.6 Å². The number of aryl methyl sites for hydroxylation is 1. The van der Waals surface area contributed by atoms with Crippen LogP contribution in [0.4, 0.5) is 10.5 Å². The summed E-state index contributed by atoms with van der Waals surface area (Å²) in [5.74, 6) is -0.159. The Hall–Kier alpha value is -1.69. The Labute approximate surface area is 104 Å². The van der Waals surface area contributed by atoms with E-state index in [2.05, 4.69) is 10.6 Å². The second kappa shape index (κ2) is 6.15. The first-order valence-corrected chi connectivity index (χ1v) is 6.02. The van der Waals surface area contributed by atoms with Crippen LogP contribution in [-0.4, -0.2) is 24.7 Å². The van der Waals surface area contributed by atoms with E-state index in [0.29, 0.717) is 5.69 Å². The highest BCUT2D eigenvalue weighted by Gasteiger charge is 2.07. The first kappa shape index (κ1) is 13.4. The lowest BCUT2D eigenvalue weighted by Gasteiger charge is -2.06. The van der Waals surface area contributed by atoms with E-state index >= 15 is 0 Å². The largest absolute Gasteiger partial charge is 0.399 e. The summed E-state index contributed by atoms with van der Waals surface area (Å²) in [6.07, 6.45) is 0. The maximum Gasteiger partial charge on any atom is 0.321 e. The molecule has 0 saturated carbocycles. The van der Waals surface area contributed by atoms with Crippen LogP contribution in [0, 0.1) is 6.92 Å². The number of nitrogens with one attached hydrogen (secondary N) is 2. The van der Waals surface area contributed by atoms with Crippen LogP contribution in [-0.2, 0) is 4.79 Å². The first-order chi connectivity index (χ1) is 8.02. The first-order valence-electron chi connectivity index (χ1n) is 5.03. The van der Waals surface area contributed by atoms with Gasteiger partial charge in [0.05, 0.1) is 5.75 Å². The van der Waals surface area contributed by atoms with Gasteiger partial charge in [0.1, 0.15) is 0 Å². The number of imide groups is 1. The van der Waals surface area contributed by atoms with Crippen LogP contribution < -0.4 is 16.4 Å². The van der Waals surface area contributed by atoms with Gasteiger partial charge in [-0.3, -0.25) is 10.1 Å².